The van der Waals surface area contributed by atoms with Crippen LogP contribution in [0.3, 0.4) is 0 Å². The standard InChI is InChI=1S/C16H21NO/c1-12-4-6-14(7-5-12)17-15(18)16(3)10-8-13(2)9-11-16/h4-8H,9-11H2,1-3H3,(H,17,18). The Morgan fingerprint density at radius 2 is 1.89 bits per heavy atom. The average Bonchev–Trinajstić information content (AvgIpc) is 2.36. The molecule has 1 amide bonds. The summed E-state index contributed by atoms with van der Waals surface area (Å²) in [4.78, 5) is 12.3. The first-order valence-electron chi connectivity index (χ1n) is 6.53. The van der Waals surface area contributed by atoms with Crippen LogP contribution in [0.25, 0.3) is 0 Å². The van der Waals surface area contributed by atoms with Gasteiger partial charge in [0.25, 0.3) is 0 Å². The quantitative estimate of drug-likeness (QED) is 0.779. The summed E-state index contributed by atoms with van der Waals surface area (Å²) in [6, 6.07) is 7.95. The maximum atomic E-state index is 12.3. The summed E-state index contributed by atoms with van der Waals surface area (Å²) in [5, 5.41) is 3.03. The van der Waals surface area contributed by atoms with Gasteiger partial charge in [-0.1, -0.05) is 36.3 Å². The van der Waals surface area contributed by atoms with Gasteiger partial charge >= 0.3 is 0 Å². The summed E-state index contributed by atoms with van der Waals surface area (Å²) in [6.45, 7) is 6.23. The Morgan fingerprint density at radius 3 is 2.44 bits per heavy atom. The fourth-order valence-corrected chi connectivity index (χ4v) is 2.20. The predicted molar refractivity (Wildman–Crippen MR) is 75.5 cm³/mol. The minimum atomic E-state index is -0.260. The van der Waals surface area contributed by atoms with E-state index in [1.807, 2.05) is 31.2 Å². The smallest absolute Gasteiger partial charge is 0.230 e. The molecule has 18 heavy (non-hydrogen) atoms. The first-order chi connectivity index (χ1) is 8.49. The summed E-state index contributed by atoms with van der Waals surface area (Å²) < 4.78 is 0. The molecule has 0 heterocycles. The summed E-state index contributed by atoms with van der Waals surface area (Å²) >= 11 is 0. The van der Waals surface area contributed by atoms with Crippen molar-refractivity contribution < 1.29 is 4.79 Å². The van der Waals surface area contributed by atoms with E-state index in [1.54, 1.807) is 0 Å². The van der Waals surface area contributed by atoms with E-state index in [9.17, 15) is 4.79 Å². The molecule has 2 rings (SSSR count). The summed E-state index contributed by atoms with van der Waals surface area (Å²) in [5.74, 6) is 0.134. The van der Waals surface area contributed by atoms with Crippen molar-refractivity contribution in [2.24, 2.45) is 5.41 Å². The number of benzene rings is 1. The molecule has 1 aliphatic rings. The molecule has 1 aromatic rings. The van der Waals surface area contributed by atoms with Gasteiger partial charge in [0.15, 0.2) is 0 Å². The molecule has 1 N–H and O–H groups in total. The second-order valence-electron chi connectivity index (χ2n) is 5.64. The molecule has 0 radical (unpaired) electrons. The molecule has 0 aromatic heterocycles. The topological polar surface area (TPSA) is 29.1 Å². The molecule has 0 aliphatic heterocycles. The molecule has 1 unspecified atom stereocenters. The molecule has 0 spiro atoms. The van der Waals surface area contributed by atoms with Crippen LogP contribution < -0.4 is 5.32 Å². The molecule has 1 aliphatic carbocycles. The number of nitrogens with one attached hydrogen (secondary N) is 1. The number of amides is 1. The Labute approximate surface area is 109 Å². The summed E-state index contributed by atoms with van der Waals surface area (Å²) in [7, 11) is 0. The van der Waals surface area contributed by atoms with Gasteiger partial charge in [-0.2, -0.15) is 0 Å². The fraction of sp³-hybridized carbons (Fsp3) is 0.438. The van der Waals surface area contributed by atoms with Crippen LogP contribution in [0.5, 0.6) is 0 Å². The van der Waals surface area contributed by atoms with Crippen molar-refractivity contribution in [3.63, 3.8) is 0 Å². The van der Waals surface area contributed by atoms with Crippen LogP contribution in [-0.2, 0) is 4.79 Å². The molecular weight excluding hydrogens is 222 g/mol. The van der Waals surface area contributed by atoms with Crippen molar-refractivity contribution in [3.05, 3.63) is 41.5 Å². The van der Waals surface area contributed by atoms with E-state index < -0.39 is 0 Å². The molecule has 96 valence electrons. The van der Waals surface area contributed by atoms with E-state index >= 15 is 0 Å². The molecule has 2 nitrogen and oxygen atoms in total. The van der Waals surface area contributed by atoms with Crippen LogP contribution in [0.4, 0.5) is 5.69 Å². The highest BCUT2D eigenvalue weighted by Crippen LogP contribution is 2.35. The van der Waals surface area contributed by atoms with Gasteiger partial charge in [0, 0.05) is 5.69 Å². The van der Waals surface area contributed by atoms with Crippen molar-refractivity contribution in [1.29, 1.82) is 0 Å². The van der Waals surface area contributed by atoms with Crippen molar-refractivity contribution in [1.82, 2.24) is 0 Å². The highest BCUT2D eigenvalue weighted by Gasteiger charge is 2.33. The van der Waals surface area contributed by atoms with Crippen LogP contribution in [0, 0.1) is 12.3 Å². The minimum absolute atomic E-state index is 0.134. The first-order valence-corrected chi connectivity index (χ1v) is 6.53. The monoisotopic (exact) mass is 243 g/mol. The molecule has 0 saturated heterocycles. The number of hydrogen-bond donors (Lipinski definition) is 1. The Hall–Kier alpha value is -1.57. The molecule has 1 aromatic carbocycles. The van der Waals surface area contributed by atoms with Gasteiger partial charge in [-0.15, -0.1) is 0 Å². The van der Waals surface area contributed by atoms with Gasteiger partial charge in [-0.3, -0.25) is 4.79 Å². The molecule has 0 fully saturated rings. The van der Waals surface area contributed by atoms with Crippen molar-refractivity contribution in [2.45, 2.75) is 40.0 Å². The zero-order chi connectivity index (χ0) is 13.2. The lowest BCUT2D eigenvalue weighted by molar-refractivity contribution is -0.125. The number of anilines is 1. The normalized spacial score (nSPS) is 23.4. The molecule has 2 heteroatoms. The number of allylic oxidation sites excluding steroid dienone is 2. The summed E-state index contributed by atoms with van der Waals surface area (Å²) in [6.07, 6.45) is 5.00. The maximum Gasteiger partial charge on any atom is 0.230 e. The van der Waals surface area contributed by atoms with Gasteiger partial charge in [0.05, 0.1) is 5.41 Å². The SMILES string of the molecule is CC1=CCC(C)(C(=O)Nc2ccc(C)cc2)CC1. The van der Waals surface area contributed by atoms with Crippen LogP contribution in [0.1, 0.15) is 38.7 Å². The molecular formula is C16H21NO. The number of hydrogen-bond acceptors (Lipinski definition) is 1. The zero-order valence-electron chi connectivity index (χ0n) is 11.4. The number of carbonyl (C=O) groups excluding carboxylic acids is 1. The van der Waals surface area contributed by atoms with E-state index in [4.69, 9.17) is 0 Å². The second kappa shape index (κ2) is 4.97. The van der Waals surface area contributed by atoms with Crippen LogP contribution in [0.2, 0.25) is 0 Å². The zero-order valence-corrected chi connectivity index (χ0v) is 11.4. The first kappa shape index (κ1) is 12.9. The van der Waals surface area contributed by atoms with Crippen LogP contribution in [0.15, 0.2) is 35.9 Å². The Balaban J connectivity index is 2.06. The third kappa shape index (κ3) is 2.81. The van der Waals surface area contributed by atoms with E-state index in [0.717, 1.165) is 24.9 Å². The minimum Gasteiger partial charge on any atom is -0.326 e. The highest BCUT2D eigenvalue weighted by molar-refractivity contribution is 5.95. The van der Waals surface area contributed by atoms with Crippen molar-refractivity contribution in [3.8, 4) is 0 Å². The van der Waals surface area contributed by atoms with Crippen molar-refractivity contribution in [2.75, 3.05) is 5.32 Å². The lowest BCUT2D eigenvalue weighted by Crippen LogP contribution is -2.34. The molecule has 0 bridgehead atoms. The maximum absolute atomic E-state index is 12.3. The third-order valence-electron chi connectivity index (χ3n) is 3.83. The lowest BCUT2D eigenvalue weighted by atomic mass is 9.76. The fourth-order valence-electron chi connectivity index (χ4n) is 2.20. The van der Waals surface area contributed by atoms with Gasteiger partial charge in [-0.05, 0) is 45.2 Å². The van der Waals surface area contributed by atoms with Crippen LogP contribution >= 0.6 is 0 Å². The lowest BCUT2D eigenvalue weighted by Gasteiger charge is -2.30. The van der Waals surface area contributed by atoms with Gasteiger partial charge < -0.3 is 5.32 Å². The number of rotatable bonds is 2. The van der Waals surface area contributed by atoms with E-state index in [-0.39, 0.29) is 11.3 Å². The Kier molecular flexibility index (Phi) is 3.55. The largest absolute Gasteiger partial charge is 0.326 e. The van der Waals surface area contributed by atoms with E-state index in [2.05, 4.69) is 25.2 Å². The number of carbonyl (C=O) groups is 1. The summed E-state index contributed by atoms with van der Waals surface area (Å²) in [5.41, 5.74) is 3.23. The Bertz CT molecular complexity index is 472. The highest BCUT2D eigenvalue weighted by atomic mass is 16.2. The average molecular weight is 243 g/mol. The van der Waals surface area contributed by atoms with Gasteiger partial charge in [-0.25, -0.2) is 0 Å². The molecule has 1 atom stereocenters. The predicted octanol–water partition coefficient (Wildman–Crippen LogP) is 4.07. The van der Waals surface area contributed by atoms with Gasteiger partial charge in [0.2, 0.25) is 5.91 Å². The van der Waals surface area contributed by atoms with Crippen molar-refractivity contribution >= 4 is 11.6 Å². The second-order valence-corrected chi connectivity index (χ2v) is 5.64. The molecule has 0 saturated carbocycles. The third-order valence-corrected chi connectivity index (χ3v) is 3.83. The van der Waals surface area contributed by atoms with Crippen LogP contribution in [-0.4, -0.2) is 5.91 Å². The van der Waals surface area contributed by atoms with E-state index in [0.29, 0.717) is 0 Å². The van der Waals surface area contributed by atoms with E-state index in [1.165, 1.54) is 11.1 Å². The Morgan fingerprint density at radius 1 is 1.22 bits per heavy atom. The number of aryl methyl sites for hydroxylation is 1. The van der Waals surface area contributed by atoms with Gasteiger partial charge in [0.1, 0.15) is 0 Å².